The highest BCUT2D eigenvalue weighted by atomic mass is 16.2. The van der Waals surface area contributed by atoms with E-state index in [1.54, 1.807) is 18.0 Å². The number of likely N-dealkylation sites (N-methyl/N-ethyl adjacent to an activating group) is 1. The van der Waals surface area contributed by atoms with Gasteiger partial charge in [-0.3, -0.25) is 4.79 Å². The summed E-state index contributed by atoms with van der Waals surface area (Å²) in [6, 6.07) is 3.64. The van der Waals surface area contributed by atoms with E-state index in [4.69, 9.17) is 11.0 Å². The average molecular weight is 247 g/mol. The van der Waals surface area contributed by atoms with Gasteiger partial charge in [0.1, 0.15) is 11.9 Å². The van der Waals surface area contributed by atoms with E-state index in [9.17, 15) is 4.79 Å². The van der Waals surface area contributed by atoms with Gasteiger partial charge in [-0.25, -0.2) is 4.98 Å². The third-order valence-corrected chi connectivity index (χ3v) is 2.20. The molecule has 1 rings (SSSR count). The number of anilines is 2. The predicted molar refractivity (Wildman–Crippen MR) is 69.9 cm³/mol. The first kappa shape index (κ1) is 13.8. The van der Waals surface area contributed by atoms with Crippen LogP contribution in [0, 0.1) is 11.3 Å². The second-order valence-electron chi connectivity index (χ2n) is 4.33. The Balaban J connectivity index is 2.82. The van der Waals surface area contributed by atoms with Crippen molar-refractivity contribution in [1.82, 2.24) is 10.3 Å². The Kier molecular flexibility index (Phi) is 4.49. The van der Waals surface area contributed by atoms with E-state index in [-0.39, 0.29) is 18.5 Å². The number of hydrogen-bond acceptors (Lipinski definition) is 5. The molecule has 3 N–H and O–H groups in total. The first-order valence-corrected chi connectivity index (χ1v) is 5.60. The van der Waals surface area contributed by atoms with Crippen LogP contribution in [0.1, 0.15) is 19.4 Å². The zero-order chi connectivity index (χ0) is 13.7. The normalized spacial score (nSPS) is 9.94. The lowest BCUT2D eigenvalue weighted by Gasteiger charge is -2.19. The lowest BCUT2D eigenvalue weighted by atomic mass is 10.2. The quantitative estimate of drug-likeness (QED) is 0.807. The Labute approximate surface area is 106 Å². The maximum atomic E-state index is 11.6. The number of pyridine rings is 1. The Hall–Kier alpha value is -2.29. The van der Waals surface area contributed by atoms with Gasteiger partial charge >= 0.3 is 0 Å². The number of amides is 1. The Morgan fingerprint density at radius 2 is 2.33 bits per heavy atom. The van der Waals surface area contributed by atoms with Crippen LogP contribution in [0.25, 0.3) is 0 Å². The Bertz CT molecular complexity index is 478. The molecule has 0 aliphatic carbocycles. The van der Waals surface area contributed by atoms with Crippen LogP contribution in [0.4, 0.5) is 11.5 Å². The minimum Gasteiger partial charge on any atom is -0.397 e. The molecule has 0 aromatic carbocycles. The van der Waals surface area contributed by atoms with Gasteiger partial charge in [-0.1, -0.05) is 0 Å². The van der Waals surface area contributed by atoms with Crippen LogP contribution in [0.2, 0.25) is 0 Å². The van der Waals surface area contributed by atoms with Crippen molar-refractivity contribution in [3.8, 4) is 6.07 Å². The van der Waals surface area contributed by atoms with Gasteiger partial charge < -0.3 is 16.0 Å². The SMILES string of the molecule is CC(C)NC(=O)CN(C)c1ncc(N)cc1C#N. The van der Waals surface area contributed by atoms with Crippen molar-refractivity contribution in [3.05, 3.63) is 17.8 Å². The van der Waals surface area contributed by atoms with Gasteiger partial charge in [0.2, 0.25) is 5.91 Å². The third kappa shape index (κ3) is 3.63. The molecule has 0 saturated heterocycles. The molecular formula is C12H17N5O. The molecule has 1 amide bonds. The van der Waals surface area contributed by atoms with Crippen LogP contribution < -0.4 is 16.0 Å². The number of aromatic nitrogens is 1. The molecule has 6 heteroatoms. The van der Waals surface area contributed by atoms with Crippen molar-refractivity contribution in [2.24, 2.45) is 0 Å². The van der Waals surface area contributed by atoms with Crippen LogP contribution in [-0.2, 0) is 4.79 Å². The van der Waals surface area contributed by atoms with Crippen LogP contribution >= 0.6 is 0 Å². The van der Waals surface area contributed by atoms with Crippen molar-refractivity contribution < 1.29 is 4.79 Å². The summed E-state index contributed by atoms with van der Waals surface area (Å²) in [6.45, 7) is 3.92. The van der Waals surface area contributed by atoms with E-state index >= 15 is 0 Å². The minimum atomic E-state index is -0.116. The van der Waals surface area contributed by atoms with Crippen LogP contribution in [0.3, 0.4) is 0 Å². The van der Waals surface area contributed by atoms with E-state index in [1.807, 2.05) is 19.9 Å². The summed E-state index contributed by atoms with van der Waals surface area (Å²) in [4.78, 5) is 17.3. The van der Waals surface area contributed by atoms with E-state index in [0.29, 0.717) is 17.1 Å². The zero-order valence-electron chi connectivity index (χ0n) is 10.8. The Morgan fingerprint density at radius 3 is 2.89 bits per heavy atom. The van der Waals surface area contributed by atoms with Gasteiger partial charge in [0.25, 0.3) is 0 Å². The molecule has 1 aromatic rings. The van der Waals surface area contributed by atoms with Gasteiger partial charge in [-0.2, -0.15) is 5.26 Å². The first-order chi connectivity index (χ1) is 8.43. The molecule has 1 aromatic heterocycles. The average Bonchev–Trinajstić information content (AvgIpc) is 2.27. The van der Waals surface area contributed by atoms with Crippen LogP contribution in [0.5, 0.6) is 0 Å². The molecular weight excluding hydrogens is 230 g/mol. The van der Waals surface area contributed by atoms with E-state index in [1.165, 1.54) is 6.20 Å². The number of rotatable bonds is 4. The summed E-state index contributed by atoms with van der Waals surface area (Å²) < 4.78 is 0. The second kappa shape index (κ2) is 5.87. The minimum absolute atomic E-state index is 0.0840. The molecule has 18 heavy (non-hydrogen) atoms. The molecule has 0 bridgehead atoms. The summed E-state index contributed by atoms with van der Waals surface area (Å²) in [7, 11) is 1.71. The van der Waals surface area contributed by atoms with Crippen LogP contribution in [-0.4, -0.2) is 30.5 Å². The number of nitrogen functional groups attached to an aromatic ring is 1. The van der Waals surface area contributed by atoms with E-state index < -0.39 is 0 Å². The van der Waals surface area contributed by atoms with Gasteiger partial charge in [0.15, 0.2) is 0 Å². The van der Waals surface area contributed by atoms with Crippen molar-refractivity contribution in [3.63, 3.8) is 0 Å². The smallest absolute Gasteiger partial charge is 0.239 e. The van der Waals surface area contributed by atoms with Crippen LogP contribution in [0.15, 0.2) is 12.3 Å². The topological polar surface area (TPSA) is 95.0 Å². The zero-order valence-corrected chi connectivity index (χ0v) is 10.8. The summed E-state index contributed by atoms with van der Waals surface area (Å²) in [5.41, 5.74) is 6.34. The number of hydrogen-bond donors (Lipinski definition) is 2. The maximum absolute atomic E-state index is 11.6. The highest BCUT2D eigenvalue weighted by molar-refractivity contribution is 5.81. The number of carbonyl (C=O) groups excluding carboxylic acids is 1. The molecule has 0 aliphatic rings. The van der Waals surface area contributed by atoms with Gasteiger partial charge in [-0.05, 0) is 19.9 Å². The van der Waals surface area contributed by atoms with Crippen molar-refractivity contribution in [1.29, 1.82) is 5.26 Å². The molecule has 96 valence electrons. The molecule has 1 heterocycles. The molecule has 6 nitrogen and oxygen atoms in total. The number of nitriles is 1. The molecule has 0 saturated carbocycles. The van der Waals surface area contributed by atoms with Crippen molar-refractivity contribution >= 4 is 17.4 Å². The Morgan fingerprint density at radius 1 is 1.67 bits per heavy atom. The molecule has 0 spiro atoms. The maximum Gasteiger partial charge on any atom is 0.239 e. The summed E-state index contributed by atoms with van der Waals surface area (Å²) in [5, 5.41) is 11.8. The molecule has 0 unspecified atom stereocenters. The van der Waals surface area contributed by atoms with Gasteiger partial charge in [0, 0.05) is 13.1 Å². The largest absolute Gasteiger partial charge is 0.397 e. The number of nitrogens with two attached hydrogens (primary N) is 1. The van der Waals surface area contributed by atoms with Gasteiger partial charge in [-0.15, -0.1) is 0 Å². The van der Waals surface area contributed by atoms with E-state index in [0.717, 1.165) is 0 Å². The fourth-order valence-electron chi connectivity index (χ4n) is 1.52. The standard InChI is InChI=1S/C12H17N5O/c1-8(2)16-11(18)7-17(3)12-9(5-13)4-10(14)6-15-12/h4,6,8H,7,14H2,1-3H3,(H,16,18). The van der Waals surface area contributed by atoms with Crippen molar-refractivity contribution in [2.45, 2.75) is 19.9 Å². The summed E-state index contributed by atoms with van der Waals surface area (Å²) in [6.07, 6.45) is 1.47. The third-order valence-electron chi connectivity index (χ3n) is 2.20. The summed E-state index contributed by atoms with van der Waals surface area (Å²) in [5.74, 6) is 0.334. The summed E-state index contributed by atoms with van der Waals surface area (Å²) >= 11 is 0. The van der Waals surface area contributed by atoms with Crippen molar-refractivity contribution in [2.75, 3.05) is 24.2 Å². The molecule has 0 aliphatic heterocycles. The predicted octanol–water partition coefficient (Wildman–Crippen LogP) is 0.496. The lowest BCUT2D eigenvalue weighted by molar-refractivity contribution is -0.120. The molecule has 0 fully saturated rings. The first-order valence-electron chi connectivity index (χ1n) is 5.60. The number of nitrogens with zero attached hydrogens (tertiary/aromatic N) is 3. The highest BCUT2D eigenvalue weighted by Crippen LogP contribution is 2.17. The fraction of sp³-hybridized carbons (Fsp3) is 0.417. The second-order valence-corrected chi connectivity index (χ2v) is 4.33. The highest BCUT2D eigenvalue weighted by Gasteiger charge is 2.13. The van der Waals surface area contributed by atoms with Gasteiger partial charge in [0.05, 0.1) is 24.0 Å². The number of carbonyl (C=O) groups is 1. The monoisotopic (exact) mass is 247 g/mol. The van der Waals surface area contributed by atoms with E-state index in [2.05, 4.69) is 10.3 Å². The number of nitrogens with one attached hydrogen (secondary N) is 1. The molecule has 0 atom stereocenters. The lowest BCUT2D eigenvalue weighted by Crippen LogP contribution is -2.39. The fourth-order valence-corrected chi connectivity index (χ4v) is 1.52. The molecule has 0 radical (unpaired) electrons.